The molecule has 0 aliphatic heterocycles. The summed E-state index contributed by atoms with van der Waals surface area (Å²) in [6.45, 7) is 0. The summed E-state index contributed by atoms with van der Waals surface area (Å²) >= 11 is 3.44. The number of alkyl halides is 1. The second kappa shape index (κ2) is 4.95. The zero-order valence-electron chi connectivity index (χ0n) is 6.35. The fourth-order valence-corrected chi connectivity index (χ4v) is 1.83. The highest BCUT2D eigenvalue weighted by Crippen LogP contribution is 2.22. The van der Waals surface area contributed by atoms with Crippen molar-refractivity contribution in [1.82, 2.24) is 0 Å². The summed E-state index contributed by atoms with van der Waals surface area (Å²) in [5, 5.41) is 1.17. The van der Waals surface area contributed by atoms with E-state index in [1.807, 2.05) is 0 Å². The predicted octanol–water partition coefficient (Wildman–Crippen LogP) is 3.52. The van der Waals surface area contributed by atoms with Crippen LogP contribution < -0.4 is 0 Å². The van der Waals surface area contributed by atoms with Crippen LogP contribution >= 0.6 is 15.9 Å². The van der Waals surface area contributed by atoms with Gasteiger partial charge in [0.2, 0.25) is 0 Å². The second-order valence-corrected chi connectivity index (χ2v) is 3.74. The maximum Gasteiger partial charge on any atom is 0.00313 e. The third kappa shape index (κ3) is 2.87. The van der Waals surface area contributed by atoms with Crippen molar-refractivity contribution in [3.05, 3.63) is 12.2 Å². The normalized spacial score (nSPS) is 23.9. The van der Waals surface area contributed by atoms with Crippen molar-refractivity contribution in [3.63, 3.8) is 0 Å². The lowest BCUT2D eigenvalue weighted by Gasteiger charge is -2.04. The molecular formula is C9H15Br. The number of halogens is 1. The predicted molar refractivity (Wildman–Crippen MR) is 49.5 cm³/mol. The molecule has 1 unspecified atom stereocenters. The van der Waals surface area contributed by atoms with Gasteiger partial charge in [0.15, 0.2) is 0 Å². The fourth-order valence-electron chi connectivity index (χ4n) is 1.44. The molecule has 0 nitrogen and oxygen atoms in total. The van der Waals surface area contributed by atoms with E-state index in [1.165, 1.54) is 37.4 Å². The van der Waals surface area contributed by atoms with Gasteiger partial charge in [0.25, 0.3) is 0 Å². The number of hydrogen-bond donors (Lipinski definition) is 0. The van der Waals surface area contributed by atoms with Crippen LogP contribution in [0.25, 0.3) is 0 Å². The molecule has 0 spiro atoms. The van der Waals surface area contributed by atoms with E-state index in [4.69, 9.17) is 0 Å². The smallest absolute Gasteiger partial charge is 0.00313 e. The van der Waals surface area contributed by atoms with Crippen LogP contribution in [0.1, 0.15) is 32.1 Å². The van der Waals surface area contributed by atoms with E-state index in [0.717, 1.165) is 5.92 Å². The maximum absolute atomic E-state index is 3.44. The van der Waals surface area contributed by atoms with Crippen molar-refractivity contribution in [1.29, 1.82) is 0 Å². The molecule has 1 aliphatic carbocycles. The van der Waals surface area contributed by atoms with Crippen molar-refractivity contribution >= 4 is 15.9 Å². The molecule has 0 N–H and O–H groups in total. The molecule has 58 valence electrons. The minimum absolute atomic E-state index is 0.916. The first kappa shape index (κ1) is 8.32. The Morgan fingerprint density at radius 1 is 1.40 bits per heavy atom. The van der Waals surface area contributed by atoms with Gasteiger partial charge in [0, 0.05) is 5.33 Å². The van der Waals surface area contributed by atoms with Crippen LogP contribution in [0, 0.1) is 5.92 Å². The van der Waals surface area contributed by atoms with Crippen LogP contribution in [0.4, 0.5) is 0 Å². The summed E-state index contributed by atoms with van der Waals surface area (Å²) in [5.41, 5.74) is 0. The highest BCUT2D eigenvalue weighted by atomic mass is 79.9. The molecule has 1 atom stereocenters. The molecule has 0 saturated carbocycles. The van der Waals surface area contributed by atoms with E-state index < -0.39 is 0 Å². The zero-order chi connectivity index (χ0) is 7.23. The highest BCUT2D eigenvalue weighted by Gasteiger charge is 2.07. The largest absolute Gasteiger partial charge is 0.0928 e. The van der Waals surface area contributed by atoms with Crippen LogP contribution in [-0.2, 0) is 0 Å². The number of unbranched alkanes of at least 4 members (excludes halogenated alkanes) is 1. The lowest BCUT2D eigenvalue weighted by atomic mass is 10.0. The van der Waals surface area contributed by atoms with Gasteiger partial charge in [-0.2, -0.15) is 0 Å². The first-order chi connectivity index (χ1) is 4.93. The first-order valence-electron chi connectivity index (χ1n) is 4.16. The summed E-state index contributed by atoms with van der Waals surface area (Å²) in [5.74, 6) is 0.916. The molecule has 0 radical (unpaired) electrons. The van der Waals surface area contributed by atoms with Crippen LogP contribution in [0.3, 0.4) is 0 Å². The summed E-state index contributed by atoms with van der Waals surface area (Å²) in [7, 11) is 0. The van der Waals surface area contributed by atoms with Gasteiger partial charge in [-0.1, -0.05) is 34.5 Å². The third-order valence-corrected chi connectivity index (χ3v) is 2.63. The topological polar surface area (TPSA) is 0 Å². The van der Waals surface area contributed by atoms with Crippen LogP contribution in [0.15, 0.2) is 12.2 Å². The molecule has 0 heterocycles. The van der Waals surface area contributed by atoms with Crippen molar-refractivity contribution in [3.8, 4) is 0 Å². The maximum atomic E-state index is 3.44. The summed E-state index contributed by atoms with van der Waals surface area (Å²) in [6, 6.07) is 0. The Kier molecular flexibility index (Phi) is 4.12. The summed E-state index contributed by atoms with van der Waals surface area (Å²) in [6.07, 6.45) is 11.6. The molecule has 0 bridgehead atoms. The Labute approximate surface area is 71.8 Å². The second-order valence-electron chi connectivity index (χ2n) is 2.95. The lowest BCUT2D eigenvalue weighted by molar-refractivity contribution is 0.548. The molecule has 1 rings (SSSR count). The molecular weight excluding hydrogens is 188 g/mol. The number of allylic oxidation sites excluding steroid dienone is 2. The number of rotatable bonds is 4. The Morgan fingerprint density at radius 3 is 2.90 bits per heavy atom. The fraction of sp³-hybridized carbons (Fsp3) is 0.778. The van der Waals surface area contributed by atoms with Crippen LogP contribution in [-0.4, -0.2) is 5.33 Å². The molecule has 0 aromatic rings. The molecule has 0 aromatic carbocycles. The molecule has 0 amide bonds. The molecule has 0 saturated heterocycles. The Balaban J connectivity index is 1.97. The molecule has 10 heavy (non-hydrogen) atoms. The average molecular weight is 203 g/mol. The van der Waals surface area contributed by atoms with Gasteiger partial charge in [-0.15, -0.1) is 0 Å². The Hall–Kier alpha value is 0.220. The van der Waals surface area contributed by atoms with Gasteiger partial charge >= 0.3 is 0 Å². The van der Waals surface area contributed by atoms with Crippen molar-refractivity contribution in [2.75, 3.05) is 5.33 Å². The standard InChI is InChI=1S/C9H15Br/c10-8-4-3-7-9-5-1-2-6-9/h1,5,9H,2-4,6-8H2. The van der Waals surface area contributed by atoms with Crippen LogP contribution in [0.2, 0.25) is 0 Å². The SMILES string of the molecule is BrCCCCC1C=CCC1. The van der Waals surface area contributed by atoms with E-state index in [9.17, 15) is 0 Å². The minimum Gasteiger partial charge on any atom is -0.0928 e. The monoisotopic (exact) mass is 202 g/mol. The quantitative estimate of drug-likeness (QED) is 0.372. The van der Waals surface area contributed by atoms with E-state index in [0.29, 0.717) is 0 Å². The van der Waals surface area contributed by atoms with Gasteiger partial charge in [-0.25, -0.2) is 0 Å². The summed E-state index contributed by atoms with van der Waals surface area (Å²) < 4.78 is 0. The lowest BCUT2D eigenvalue weighted by Crippen LogP contribution is -1.91. The highest BCUT2D eigenvalue weighted by molar-refractivity contribution is 9.09. The van der Waals surface area contributed by atoms with Gasteiger partial charge in [-0.3, -0.25) is 0 Å². The van der Waals surface area contributed by atoms with E-state index in [1.54, 1.807) is 0 Å². The van der Waals surface area contributed by atoms with Crippen molar-refractivity contribution < 1.29 is 0 Å². The van der Waals surface area contributed by atoms with Gasteiger partial charge in [0.05, 0.1) is 0 Å². The van der Waals surface area contributed by atoms with Crippen molar-refractivity contribution in [2.45, 2.75) is 32.1 Å². The van der Waals surface area contributed by atoms with E-state index >= 15 is 0 Å². The van der Waals surface area contributed by atoms with Gasteiger partial charge in [-0.05, 0) is 31.6 Å². The Bertz CT molecular complexity index is 107. The van der Waals surface area contributed by atoms with Crippen LogP contribution in [0.5, 0.6) is 0 Å². The molecule has 0 aromatic heterocycles. The third-order valence-electron chi connectivity index (χ3n) is 2.07. The zero-order valence-corrected chi connectivity index (χ0v) is 7.94. The summed E-state index contributed by atoms with van der Waals surface area (Å²) in [4.78, 5) is 0. The van der Waals surface area contributed by atoms with Gasteiger partial charge < -0.3 is 0 Å². The molecule has 0 fully saturated rings. The Morgan fingerprint density at radius 2 is 2.30 bits per heavy atom. The van der Waals surface area contributed by atoms with Gasteiger partial charge in [0.1, 0.15) is 0 Å². The minimum atomic E-state index is 0.916. The number of hydrogen-bond acceptors (Lipinski definition) is 0. The van der Waals surface area contributed by atoms with Crippen molar-refractivity contribution in [2.24, 2.45) is 5.92 Å². The van der Waals surface area contributed by atoms with E-state index in [2.05, 4.69) is 28.1 Å². The molecule has 1 heteroatoms. The molecule has 1 aliphatic rings. The average Bonchev–Trinajstić information content (AvgIpc) is 2.41. The van der Waals surface area contributed by atoms with E-state index in [-0.39, 0.29) is 0 Å². The first-order valence-corrected chi connectivity index (χ1v) is 5.28.